The van der Waals surface area contributed by atoms with E-state index >= 15 is 0 Å². The fourth-order valence-electron chi connectivity index (χ4n) is 9.51. The summed E-state index contributed by atoms with van der Waals surface area (Å²) in [5.41, 5.74) is 14.1. The standard InChI is InChI=1S/C59H46N4O2S2/c1-35(2)42-15-10-16-43(36(3)4)54(42)62-53(30-29-46-56(64)44-13-6-7-14-45(44)57(46)65)63(59-58(62)60-49-17-8-9-18-50(49)61-59)55-47(38-21-25-40(26-22-38)51-19-11-31-66-51)33-37(5)34-48(55)39-23-27-41(28-24-39)52-20-12-32-67-52/h6-36H,1-5H3/b53-30+. The van der Waals surface area contributed by atoms with Gasteiger partial charge in [-0.1, -0.05) is 143 Å². The van der Waals surface area contributed by atoms with Gasteiger partial charge in [-0.25, -0.2) is 9.97 Å². The molecule has 0 saturated carbocycles. The molecule has 4 heterocycles. The smallest absolute Gasteiger partial charge is 0.197 e. The van der Waals surface area contributed by atoms with Crippen LogP contribution in [-0.4, -0.2) is 21.5 Å². The minimum Gasteiger partial charge on any atom is -0.288 e. The van der Waals surface area contributed by atoms with Crippen molar-refractivity contribution < 1.29 is 9.59 Å². The fourth-order valence-corrected chi connectivity index (χ4v) is 11.0. The van der Waals surface area contributed by atoms with Crippen LogP contribution < -0.4 is 9.80 Å². The first-order valence-electron chi connectivity index (χ1n) is 22.7. The van der Waals surface area contributed by atoms with Gasteiger partial charge in [0.15, 0.2) is 23.2 Å². The molecule has 2 aliphatic rings. The van der Waals surface area contributed by atoms with Crippen molar-refractivity contribution in [3.05, 3.63) is 214 Å². The van der Waals surface area contributed by atoms with Gasteiger partial charge in [0.25, 0.3) is 0 Å². The highest BCUT2D eigenvalue weighted by Gasteiger charge is 2.42. The van der Waals surface area contributed by atoms with Gasteiger partial charge >= 0.3 is 0 Å². The second-order valence-corrected chi connectivity index (χ2v) is 19.6. The van der Waals surface area contributed by atoms with Crippen molar-refractivity contribution in [2.24, 2.45) is 0 Å². The van der Waals surface area contributed by atoms with E-state index in [9.17, 15) is 9.59 Å². The molecule has 6 aromatic carbocycles. The zero-order chi connectivity index (χ0) is 45.9. The van der Waals surface area contributed by atoms with E-state index < -0.39 is 0 Å². The molecular formula is C59H46N4O2S2. The Hall–Kier alpha value is -7.52. The molecule has 11 rings (SSSR count). The summed E-state index contributed by atoms with van der Waals surface area (Å²) in [4.78, 5) is 46.2. The number of hydrogen-bond acceptors (Lipinski definition) is 8. The lowest BCUT2D eigenvalue weighted by Crippen LogP contribution is -2.25. The third-order valence-corrected chi connectivity index (χ3v) is 14.6. The number of hydrogen-bond donors (Lipinski definition) is 0. The summed E-state index contributed by atoms with van der Waals surface area (Å²) >= 11 is 3.45. The summed E-state index contributed by atoms with van der Waals surface area (Å²) in [6.45, 7) is 11.0. The number of fused-ring (bicyclic) bond motifs is 3. The molecule has 0 saturated heterocycles. The summed E-state index contributed by atoms with van der Waals surface area (Å²) in [7, 11) is 0. The number of aryl methyl sites for hydroxylation is 1. The summed E-state index contributed by atoms with van der Waals surface area (Å²) in [5, 5.41) is 4.21. The van der Waals surface area contributed by atoms with Crippen molar-refractivity contribution in [2.45, 2.75) is 46.5 Å². The van der Waals surface area contributed by atoms with Crippen molar-refractivity contribution in [2.75, 3.05) is 9.80 Å². The van der Waals surface area contributed by atoms with E-state index in [2.05, 4.69) is 158 Å². The molecule has 0 N–H and O–H groups in total. The van der Waals surface area contributed by atoms with Crippen LogP contribution in [0.15, 0.2) is 186 Å². The van der Waals surface area contributed by atoms with E-state index in [1.165, 1.54) is 9.75 Å². The monoisotopic (exact) mass is 906 g/mol. The number of nitrogens with zero attached hydrogens (tertiary/aromatic N) is 4. The van der Waals surface area contributed by atoms with Crippen molar-refractivity contribution in [3.8, 4) is 43.1 Å². The Morgan fingerprint density at radius 2 is 0.925 bits per heavy atom. The molecule has 1 aliphatic carbocycles. The predicted octanol–water partition coefficient (Wildman–Crippen LogP) is 16.1. The molecule has 0 bridgehead atoms. The Labute approximate surface area is 398 Å². The highest BCUT2D eigenvalue weighted by molar-refractivity contribution is 7.13. The lowest BCUT2D eigenvalue weighted by Gasteiger charge is -2.32. The number of carbonyl (C=O) groups excluding carboxylic acids is 2. The number of anilines is 4. The van der Waals surface area contributed by atoms with Gasteiger partial charge < -0.3 is 0 Å². The van der Waals surface area contributed by atoms with Crippen molar-refractivity contribution in [1.29, 1.82) is 0 Å². The molecule has 6 nitrogen and oxygen atoms in total. The van der Waals surface area contributed by atoms with Gasteiger partial charge in [-0.15, -0.1) is 22.7 Å². The van der Waals surface area contributed by atoms with Crippen molar-refractivity contribution >= 4 is 68.3 Å². The topological polar surface area (TPSA) is 66.4 Å². The van der Waals surface area contributed by atoms with Gasteiger partial charge in [0, 0.05) is 32.0 Å². The molecule has 8 heteroatoms. The van der Waals surface area contributed by atoms with E-state index in [0.717, 1.165) is 72.5 Å². The van der Waals surface area contributed by atoms with E-state index in [-0.39, 0.29) is 29.0 Å². The van der Waals surface area contributed by atoms with Crippen LogP contribution in [0.25, 0.3) is 54.2 Å². The first-order chi connectivity index (χ1) is 32.6. The Morgan fingerprint density at radius 1 is 0.478 bits per heavy atom. The Kier molecular flexibility index (Phi) is 10.7. The molecule has 67 heavy (non-hydrogen) atoms. The lowest BCUT2D eigenvalue weighted by atomic mass is 9.91. The first-order valence-corrected chi connectivity index (χ1v) is 24.4. The molecule has 0 fully saturated rings. The van der Waals surface area contributed by atoms with Crippen LogP contribution in [0, 0.1) is 6.92 Å². The maximum atomic E-state index is 14.2. The lowest BCUT2D eigenvalue weighted by molar-refractivity contribution is 0.0988. The van der Waals surface area contributed by atoms with E-state index in [0.29, 0.717) is 28.6 Å². The molecule has 9 aromatic rings. The number of benzene rings is 6. The second kappa shape index (κ2) is 17.0. The van der Waals surface area contributed by atoms with Crippen LogP contribution in [0.4, 0.5) is 23.0 Å². The van der Waals surface area contributed by atoms with Crippen LogP contribution >= 0.6 is 22.7 Å². The zero-order valence-electron chi connectivity index (χ0n) is 37.8. The highest BCUT2D eigenvalue weighted by Crippen LogP contribution is 2.56. The minimum atomic E-state index is -0.285. The zero-order valence-corrected chi connectivity index (χ0v) is 39.5. The molecule has 0 amide bonds. The number of aromatic nitrogens is 2. The third-order valence-electron chi connectivity index (χ3n) is 12.8. The van der Waals surface area contributed by atoms with E-state index in [1.807, 2.05) is 30.3 Å². The number of carbonyl (C=O) groups is 2. The molecule has 3 aromatic heterocycles. The molecule has 0 radical (unpaired) electrons. The second-order valence-electron chi connectivity index (χ2n) is 17.8. The van der Waals surface area contributed by atoms with Gasteiger partial charge in [0.1, 0.15) is 5.82 Å². The van der Waals surface area contributed by atoms with Crippen LogP contribution in [0.2, 0.25) is 0 Å². The molecule has 1 aliphatic heterocycles. The molecular weight excluding hydrogens is 861 g/mol. The normalized spacial score (nSPS) is 14.0. The average Bonchev–Trinajstić information content (AvgIpc) is 4.18. The summed E-state index contributed by atoms with van der Waals surface area (Å²) < 4.78 is 0. The quantitative estimate of drug-likeness (QED) is 0.106. The van der Waals surface area contributed by atoms with Crippen LogP contribution in [0.5, 0.6) is 0 Å². The number of ketones is 2. The molecule has 0 unspecified atom stereocenters. The van der Waals surface area contributed by atoms with Gasteiger partial charge in [0.2, 0.25) is 0 Å². The Bertz CT molecular complexity index is 3290. The number of thiophene rings is 2. The number of rotatable bonds is 9. The van der Waals surface area contributed by atoms with E-state index in [1.54, 1.807) is 53.0 Å². The van der Waals surface area contributed by atoms with Gasteiger partial charge in [-0.3, -0.25) is 19.4 Å². The Balaban J connectivity index is 1.25. The first kappa shape index (κ1) is 42.1. The number of Topliss-reactive ketones (excluding diaryl/α,β-unsaturated/α-hetero) is 2. The molecule has 326 valence electrons. The van der Waals surface area contributed by atoms with Gasteiger partial charge in [0.05, 0.1) is 28.0 Å². The van der Waals surface area contributed by atoms with Gasteiger partial charge in [-0.05, 0) is 117 Å². The largest absolute Gasteiger partial charge is 0.288 e. The molecule has 0 spiro atoms. The number of allylic oxidation sites excluding steroid dienone is 3. The maximum absolute atomic E-state index is 14.2. The molecule has 0 atom stereocenters. The third kappa shape index (κ3) is 7.33. The SMILES string of the molecule is Cc1cc(-c2ccc(-c3cccs3)cc2)c(N2/C(=C/C=C3C(=O)c4ccccc4C3=O)N(c3c(C(C)C)cccc3C(C)C)c3nc4ccccc4nc32)c(-c2ccc(-c3cccs3)cc2)c1. The van der Waals surface area contributed by atoms with Crippen molar-refractivity contribution in [1.82, 2.24) is 9.97 Å². The highest BCUT2D eigenvalue weighted by atomic mass is 32.1. The fraction of sp³-hybridized carbons (Fsp3) is 0.119. The van der Waals surface area contributed by atoms with Gasteiger partial charge in [-0.2, -0.15) is 0 Å². The minimum absolute atomic E-state index is 0.120. The number of para-hydroxylation sites is 3. The van der Waals surface area contributed by atoms with Crippen LogP contribution in [-0.2, 0) is 0 Å². The van der Waals surface area contributed by atoms with Crippen LogP contribution in [0.3, 0.4) is 0 Å². The summed E-state index contributed by atoms with van der Waals surface area (Å²) in [6.07, 6.45) is 3.66. The summed E-state index contributed by atoms with van der Waals surface area (Å²) in [6, 6.07) is 52.3. The summed E-state index contributed by atoms with van der Waals surface area (Å²) in [5.74, 6) is 1.70. The maximum Gasteiger partial charge on any atom is 0.197 e. The average molecular weight is 907 g/mol. The van der Waals surface area contributed by atoms with Crippen LogP contribution in [0.1, 0.15) is 76.9 Å². The van der Waals surface area contributed by atoms with Crippen molar-refractivity contribution in [3.63, 3.8) is 0 Å². The Morgan fingerprint density at radius 3 is 1.37 bits per heavy atom. The predicted molar refractivity (Wildman–Crippen MR) is 278 cm³/mol. The van der Waals surface area contributed by atoms with E-state index in [4.69, 9.17) is 9.97 Å².